The molecule has 0 aromatic carbocycles. The number of piperidine rings is 1. The van der Waals surface area contributed by atoms with Crippen LogP contribution < -0.4 is 5.73 Å². The fourth-order valence-electron chi connectivity index (χ4n) is 2.64. The van der Waals surface area contributed by atoms with Crippen LogP contribution in [0.4, 0.5) is 10.6 Å². The van der Waals surface area contributed by atoms with E-state index in [1.807, 2.05) is 26.8 Å². The Labute approximate surface area is 119 Å². The first-order valence-electron chi connectivity index (χ1n) is 7.05. The Bertz CT molecular complexity index is 478. The number of nitrogen functional groups attached to an aromatic ring is 1. The fraction of sp³-hybridized carbons (Fsp3) is 0.714. The molecule has 1 fully saturated rings. The van der Waals surface area contributed by atoms with E-state index in [0.29, 0.717) is 30.7 Å². The predicted molar refractivity (Wildman–Crippen MR) is 77.3 cm³/mol. The third-order valence-corrected chi connectivity index (χ3v) is 3.57. The number of rotatable bonds is 1. The van der Waals surface area contributed by atoms with Gasteiger partial charge in [-0.3, -0.25) is 5.10 Å². The summed E-state index contributed by atoms with van der Waals surface area (Å²) in [5, 5.41) is 6.95. The maximum atomic E-state index is 12.1. The second-order valence-electron chi connectivity index (χ2n) is 6.55. The van der Waals surface area contributed by atoms with Gasteiger partial charge < -0.3 is 15.4 Å². The lowest BCUT2D eigenvalue weighted by molar-refractivity contribution is 0.0154. The summed E-state index contributed by atoms with van der Waals surface area (Å²) in [5.74, 6) is 1.22. The predicted octanol–water partition coefficient (Wildman–Crippen LogP) is 2.35. The second-order valence-corrected chi connectivity index (χ2v) is 6.55. The Morgan fingerprint density at radius 1 is 1.55 bits per heavy atom. The Hall–Kier alpha value is -1.72. The number of likely N-dealkylation sites (tertiary alicyclic amines) is 1. The molecule has 1 aromatic heterocycles. The number of H-pyrrole nitrogens is 1. The number of carbonyl (C=O) groups excluding carboxylic acids is 1. The first-order valence-corrected chi connectivity index (χ1v) is 7.05. The van der Waals surface area contributed by atoms with Gasteiger partial charge in [0.25, 0.3) is 0 Å². The van der Waals surface area contributed by atoms with Gasteiger partial charge in [0, 0.05) is 30.8 Å². The van der Waals surface area contributed by atoms with Crippen molar-refractivity contribution in [1.29, 1.82) is 0 Å². The van der Waals surface area contributed by atoms with Gasteiger partial charge in [-0.15, -0.1) is 0 Å². The van der Waals surface area contributed by atoms with Crippen molar-refractivity contribution in [1.82, 2.24) is 15.1 Å². The molecule has 0 bridgehead atoms. The van der Waals surface area contributed by atoms with Crippen molar-refractivity contribution >= 4 is 11.9 Å². The SMILES string of the molecule is CC1CN(C(=O)OC(C)(C)C)CCC1c1cc(N)n[nH]1. The fourth-order valence-corrected chi connectivity index (χ4v) is 2.64. The molecular formula is C14H24N4O2. The first kappa shape index (κ1) is 14.7. The molecule has 0 spiro atoms. The summed E-state index contributed by atoms with van der Waals surface area (Å²) in [6, 6.07) is 1.88. The van der Waals surface area contributed by atoms with Gasteiger partial charge in [0.15, 0.2) is 0 Å². The average molecular weight is 280 g/mol. The lowest BCUT2D eigenvalue weighted by Gasteiger charge is -2.37. The van der Waals surface area contributed by atoms with Crippen LogP contribution in [0.25, 0.3) is 0 Å². The number of nitrogens with two attached hydrogens (primary N) is 1. The van der Waals surface area contributed by atoms with E-state index in [0.717, 1.165) is 12.1 Å². The van der Waals surface area contributed by atoms with Crippen LogP contribution >= 0.6 is 0 Å². The highest BCUT2D eigenvalue weighted by atomic mass is 16.6. The molecule has 1 aliphatic rings. The van der Waals surface area contributed by atoms with E-state index < -0.39 is 5.60 Å². The molecule has 2 rings (SSSR count). The summed E-state index contributed by atoms with van der Waals surface area (Å²) in [7, 11) is 0. The number of hydrogen-bond acceptors (Lipinski definition) is 4. The molecule has 6 heteroatoms. The normalized spacial score (nSPS) is 23.7. The van der Waals surface area contributed by atoms with Gasteiger partial charge in [0.2, 0.25) is 0 Å². The van der Waals surface area contributed by atoms with Crippen molar-refractivity contribution in [3.05, 3.63) is 11.8 Å². The molecule has 1 aliphatic heterocycles. The lowest BCUT2D eigenvalue weighted by atomic mass is 9.84. The van der Waals surface area contributed by atoms with Gasteiger partial charge in [0.05, 0.1) is 0 Å². The molecule has 2 unspecified atom stereocenters. The number of nitrogens with zero attached hydrogens (tertiary/aromatic N) is 2. The van der Waals surface area contributed by atoms with E-state index >= 15 is 0 Å². The minimum absolute atomic E-state index is 0.230. The van der Waals surface area contributed by atoms with E-state index in [4.69, 9.17) is 10.5 Å². The molecule has 6 nitrogen and oxygen atoms in total. The maximum Gasteiger partial charge on any atom is 0.410 e. The van der Waals surface area contributed by atoms with Crippen LogP contribution in [0.5, 0.6) is 0 Å². The minimum atomic E-state index is -0.449. The van der Waals surface area contributed by atoms with Crippen LogP contribution in [0.15, 0.2) is 6.07 Å². The van der Waals surface area contributed by atoms with Crippen molar-refractivity contribution in [3.8, 4) is 0 Å². The number of aromatic nitrogens is 2. The van der Waals surface area contributed by atoms with E-state index in [-0.39, 0.29) is 6.09 Å². The van der Waals surface area contributed by atoms with Crippen molar-refractivity contribution in [2.45, 2.75) is 45.6 Å². The minimum Gasteiger partial charge on any atom is -0.444 e. The smallest absolute Gasteiger partial charge is 0.410 e. The van der Waals surface area contributed by atoms with Gasteiger partial charge in [-0.05, 0) is 33.1 Å². The molecule has 0 radical (unpaired) electrons. The summed E-state index contributed by atoms with van der Waals surface area (Å²) in [6.07, 6.45) is 0.661. The van der Waals surface area contributed by atoms with Crippen LogP contribution in [-0.4, -0.2) is 39.9 Å². The molecule has 1 saturated heterocycles. The van der Waals surface area contributed by atoms with E-state index in [1.54, 1.807) is 4.90 Å². The lowest BCUT2D eigenvalue weighted by Crippen LogP contribution is -2.44. The van der Waals surface area contributed by atoms with Gasteiger partial charge in [-0.1, -0.05) is 6.92 Å². The van der Waals surface area contributed by atoms with Crippen molar-refractivity contribution in [3.63, 3.8) is 0 Å². The Morgan fingerprint density at radius 3 is 2.75 bits per heavy atom. The monoisotopic (exact) mass is 280 g/mol. The van der Waals surface area contributed by atoms with Gasteiger partial charge in [0.1, 0.15) is 11.4 Å². The summed E-state index contributed by atoms with van der Waals surface area (Å²) in [6.45, 7) is 9.18. The molecule has 2 atom stereocenters. The summed E-state index contributed by atoms with van der Waals surface area (Å²) >= 11 is 0. The maximum absolute atomic E-state index is 12.1. The molecule has 0 saturated carbocycles. The number of carbonyl (C=O) groups is 1. The second kappa shape index (κ2) is 5.34. The topological polar surface area (TPSA) is 84.2 Å². The first-order chi connectivity index (χ1) is 9.26. The summed E-state index contributed by atoms with van der Waals surface area (Å²) in [5.41, 5.74) is 6.25. The van der Waals surface area contributed by atoms with Crippen LogP contribution in [-0.2, 0) is 4.74 Å². The van der Waals surface area contributed by atoms with Crippen LogP contribution in [0.3, 0.4) is 0 Å². The number of ether oxygens (including phenoxy) is 1. The summed E-state index contributed by atoms with van der Waals surface area (Å²) in [4.78, 5) is 13.9. The van der Waals surface area contributed by atoms with Crippen LogP contribution in [0, 0.1) is 5.92 Å². The highest BCUT2D eigenvalue weighted by molar-refractivity contribution is 5.68. The van der Waals surface area contributed by atoms with Crippen molar-refractivity contribution < 1.29 is 9.53 Å². The molecule has 112 valence electrons. The third-order valence-electron chi connectivity index (χ3n) is 3.57. The van der Waals surface area contributed by atoms with Crippen LogP contribution in [0.1, 0.15) is 45.7 Å². The number of hydrogen-bond donors (Lipinski definition) is 2. The number of nitrogens with one attached hydrogen (secondary N) is 1. The van der Waals surface area contributed by atoms with Gasteiger partial charge in [-0.25, -0.2) is 4.79 Å². The Balaban J connectivity index is 1.97. The zero-order valence-corrected chi connectivity index (χ0v) is 12.6. The zero-order valence-electron chi connectivity index (χ0n) is 12.6. The Morgan fingerprint density at radius 2 is 2.25 bits per heavy atom. The van der Waals surface area contributed by atoms with Crippen molar-refractivity contribution in [2.75, 3.05) is 18.8 Å². The molecule has 20 heavy (non-hydrogen) atoms. The largest absolute Gasteiger partial charge is 0.444 e. The van der Waals surface area contributed by atoms with E-state index in [1.165, 1.54) is 0 Å². The highest BCUT2D eigenvalue weighted by Crippen LogP contribution is 2.32. The van der Waals surface area contributed by atoms with Crippen molar-refractivity contribution in [2.24, 2.45) is 5.92 Å². The average Bonchev–Trinajstić information content (AvgIpc) is 2.73. The van der Waals surface area contributed by atoms with E-state index in [2.05, 4.69) is 17.1 Å². The quantitative estimate of drug-likeness (QED) is 0.827. The molecule has 1 aromatic rings. The molecular weight excluding hydrogens is 256 g/mol. The Kier molecular flexibility index (Phi) is 3.92. The summed E-state index contributed by atoms with van der Waals surface area (Å²) < 4.78 is 5.42. The molecule has 2 heterocycles. The molecule has 3 N–H and O–H groups in total. The highest BCUT2D eigenvalue weighted by Gasteiger charge is 2.32. The van der Waals surface area contributed by atoms with Gasteiger partial charge in [-0.2, -0.15) is 5.10 Å². The standard InChI is InChI=1S/C14H24N4O2/c1-9-8-18(13(19)20-14(2,3)4)6-5-10(9)11-7-12(15)17-16-11/h7,9-10H,5-6,8H2,1-4H3,(H3,15,16,17). The number of aromatic amines is 1. The number of anilines is 1. The molecule has 1 amide bonds. The third kappa shape index (κ3) is 3.43. The van der Waals surface area contributed by atoms with E-state index in [9.17, 15) is 4.79 Å². The van der Waals surface area contributed by atoms with Gasteiger partial charge >= 0.3 is 6.09 Å². The molecule has 0 aliphatic carbocycles. The van der Waals surface area contributed by atoms with Crippen LogP contribution in [0.2, 0.25) is 0 Å². The number of amides is 1. The zero-order chi connectivity index (χ0) is 14.9.